The zero-order valence-corrected chi connectivity index (χ0v) is 13.4. The van der Waals surface area contributed by atoms with Crippen LogP contribution in [-0.4, -0.2) is 29.9 Å². The lowest BCUT2D eigenvalue weighted by molar-refractivity contribution is -0.121. The summed E-state index contributed by atoms with van der Waals surface area (Å²) in [5, 5.41) is 3.02. The van der Waals surface area contributed by atoms with Crippen molar-refractivity contribution in [1.82, 2.24) is 4.90 Å². The first-order chi connectivity index (χ1) is 10.0. The molecule has 1 aliphatic heterocycles. The minimum absolute atomic E-state index is 0.0560. The third-order valence-electron chi connectivity index (χ3n) is 4.57. The van der Waals surface area contributed by atoms with Crippen LogP contribution in [0.5, 0.6) is 0 Å². The number of benzene rings is 1. The second-order valence-corrected chi connectivity index (χ2v) is 6.15. The monoisotopic (exact) mass is 289 g/mol. The third-order valence-corrected chi connectivity index (χ3v) is 4.57. The fourth-order valence-corrected chi connectivity index (χ4v) is 2.96. The van der Waals surface area contributed by atoms with Gasteiger partial charge in [-0.2, -0.15) is 0 Å². The Kier molecular flexibility index (Phi) is 5.23. The summed E-state index contributed by atoms with van der Waals surface area (Å²) in [6.45, 7) is 8.25. The average molecular weight is 289 g/mol. The van der Waals surface area contributed by atoms with Crippen LogP contribution in [0.15, 0.2) is 18.2 Å². The highest BCUT2D eigenvalue weighted by Gasteiger charge is 2.26. The van der Waals surface area contributed by atoms with Crippen LogP contribution in [0.2, 0.25) is 0 Å². The first kappa shape index (κ1) is 15.8. The van der Waals surface area contributed by atoms with Gasteiger partial charge in [0.15, 0.2) is 0 Å². The van der Waals surface area contributed by atoms with Crippen molar-refractivity contribution >= 4 is 17.3 Å². The summed E-state index contributed by atoms with van der Waals surface area (Å²) in [4.78, 5) is 14.8. The van der Waals surface area contributed by atoms with Gasteiger partial charge in [-0.25, -0.2) is 0 Å². The third kappa shape index (κ3) is 3.97. The Hall–Kier alpha value is -1.55. The predicted molar refractivity (Wildman–Crippen MR) is 88.3 cm³/mol. The molecule has 4 heteroatoms. The van der Waals surface area contributed by atoms with Gasteiger partial charge in [0, 0.05) is 17.9 Å². The van der Waals surface area contributed by atoms with E-state index in [4.69, 9.17) is 5.73 Å². The highest BCUT2D eigenvalue weighted by molar-refractivity contribution is 5.95. The van der Waals surface area contributed by atoms with E-state index in [1.165, 1.54) is 19.3 Å². The van der Waals surface area contributed by atoms with Crippen molar-refractivity contribution in [1.29, 1.82) is 0 Å². The van der Waals surface area contributed by atoms with E-state index in [-0.39, 0.29) is 11.9 Å². The normalized spacial score (nSPS) is 21.0. The van der Waals surface area contributed by atoms with E-state index in [2.05, 4.69) is 17.1 Å². The number of amides is 1. The van der Waals surface area contributed by atoms with Crippen LogP contribution in [-0.2, 0) is 4.79 Å². The predicted octanol–water partition coefficient (Wildman–Crippen LogP) is 3.03. The number of hydrogen-bond acceptors (Lipinski definition) is 3. The van der Waals surface area contributed by atoms with Gasteiger partial charge in [0.2, 0.25) is 5.91 Å². The number of carbonyl (C=O) groups is 1. The lowest BCUT2D eigenvalue weighted by Crippen LogP contribution is -2.47. The standard InChI is InChI=1S/C17H27N3O/c1-4-14-6-5-9-20(11-14)13(3)17(21)19-16-10-15(18)8-7-12(16)2/h7-8,10,13-14H,4-6,9,11,18H2,1-3H3,(H,19,21). The number of hydrogen-bond donors (Lipinski definition) is 2. The number of aryl methyl sites for hydroxylation is 1. The molecule has 4 nitrogen and oxygen atoms in total. The highest BCUT2D eigenvalue weighted by Crippen LogP contribution is 2.22. The number of nitrogens with zero attached hydrogens (tertiary/aromatic N) is 1. The molecule has 1 aliphatic rings. The Labute approximate surface area is 127 Å². The van der Waals surface area contributed by atoms with Crippen molar-refractivity contribution in [2.24, 2.45) is 5.92 Å². The van der Waals surface area contributed by atoms with Crippen LogP contribution >= 0.6 is 0 Å². The molecule has 0 aliphatic carbocycles. The van der Waals surface area contributed by atoms with Crippen molar-refractivity contribution < 1.29 is 4.79 Å². The summed E-state index contributed by atoms with van der Waals surface area (Å²) in [6.07, 6.45) is 3.67. The van der Waals surface area contributed by atoms with Gasteiger partial charge in [-0.05, 0) is 56.8 Å². The average Bonchev–Trinajstić information content (AvgIpc) is 2.50. The maximum Gasteiger partial charge on any atom is 0.241 e. The molecule has 2 rings (SSSR count). The van der Waals surface area contributed by atoms with E-state index < -0.39 is 0 Å². The molecule has 0 saturated carbocycles. The Balaban J connectivity index is 2.00. The van der Waals surface area contributed by atoms with Crippen LogP contribution in [0.4, 0.5) is 11.4 Å². The molecule has 0 spiro atoms. The van der Waals surface area contributed by atoms with Crippen molar-refractivity contribution in [3.8, 4) is 0 Å². The van der Waals surface area contributed by atoms with Gasteiger partial charge in [-0.3, -0.25) is 9.69 Å². The van der Waals surface area contributed by atoms with Gasteiger partial charge >= 0.3 is 0 Å². The molecular formula is C17H27N3O. The minimum Gasteiger partial charge on any atom is -0.399 e. The number of piperidine rings is 1. The molecule has 1 amide bonds. The number of nitrogen functional groups attached to an aromatic ring is 1. The van der Waals surface area contributed by atoms with E-state index in [1.807, 2.05) is 32.0 Å². The number of nitrogens with two attached hydrogens (primary N) is 1. The van der Waals surface area contributed by atoms with E-state index in [0.717, 1.165) is 30.3 Å². The fraction of sp³-hybridized carbons (Fsp3) is 0.588. The number of likely N-dealkylation sites (tertiary alicyclic amines) is 1. The zero-order chi connectivity index (χ0) is 15.4. The van der Waals surface area contributed by atoms with Crippen LogP contribution in [0.1, 0.15) is 38.7 Å². The first-order valence-electron chi connectivity index (χ1n) is 7.92. The minimum atomic E-state index is -0.0971. The van der Waals surface area contributed by atoms with Gasteiger partial charge < -0.3 is 11.1 Å². The van der Waals surface area contributed by atoms with Crippen molar-refractivity contribution in [2.45, 2.75) is 46.1 Å². The molecule has 1 aromatic rings. The van der Waals surface area contributed by atoms with Crippen LogP contribution in [0, 0.1) is 12.8 Å². The smallest absolute Gasteiger partial charge is 0.241 e. The van der Waals surface area contributed by atoms with Gasteiger partial charge in [0.05, 0.1) is 6.04 Å². The summed E-state index contributed by atoms with van der Waals surface area (Å²) in [5.41, 5.74) is 8.32. The molecule has 1 aromatic carbocycles. The molecule has 0 radical (unpaired) electrons. The summed E-state index contributed by atoms with van der Waals surface area (Å²) in [5.74, 6) is 0.781. The van der Waals surface area contributed by atoms with Gasteiger partial charge in [-0.1, -0.05) is 19.4 Å². The maximum atomic E-state index is 12.5. The van der Waals surface area contributed by atoms with Crippen LogP contribution in [0.3, 0.4) is 0 Å². The maximum absolute atomic E-state index is 12.5. The topological polar surface area (TPSA) is 58.4 Å². The quantitative estimate of drug-likeness (QED) is 0.838. The molecule has 1 heterocycles. The second kappa shape index (κ2) is 6.94. The van der Waals surface area contributed by atoms with E-state index in [9.17, 15) is 4.79 Å². The number of rotatable bonds is 4. The summed E-state index contributed by atoms with van der Waals surface area (Å²) >= 11 is 0. The zero-order valence-electron chi connectivity index (χ0n) is 13.4. The molecule has 116 valence electrons. The molecule has 2 atom stereocenters. The summed E-state index contributed by atoms with van der Waals surface area (Å²) in [7, 11) is 0. The molecule has 1 fully saturated rings. The molecule has 1 saturated heterocycles. The van der Waals surface area contributed by atoms with Gasteiger partial charge in [0.1, 0.15) is 0 Å². The molecule has 3 N–H and O–H groups in total. The fourth-order valence-electron chi connectivity index (χ4n) is 2.96. The Morgan fingerprint density at radius 1 is 1.52 bits per heavy atom. The Bertz CT molecular complexity index is 501. The Morgan fingerprint density at radius 3 is 3.00 bits per heavy atom. The number of nitrogens with one attached hydrogen (secondary N) is 1. The van der Waals surface area contributed by atoms with Crippen LogP contribution in [0.25, 0.3) is 0 Å². The molecule has 21 heavy (non-hydrogen) atoms. The van der Waals surface area contributed by atoms with E-state index in [1.54, 1.807) is 0 Å². The van der Waals surface area contributed by atoms with Gasteiger partial charge in [-0.15, -0.1) is 0 Å². The first-order valence-corrected chi connectivity index (χ1v) is 7.92. The summed E-state index contributed by atoms with van der Waals surface area (Å²) < 4.78 is 0. The van der Waals surface area contributed by atoms with Crippen molar-refractivity contribution in [2.75, 3.05) is 24.1 Å². The van der Waals surface area contributed by atoms with E-state index in [0.29, 0.717) is 5.69 Å². The lowest BCUT2D eigenvalue weighted by Gasteiger charge is -2.35. The van der Waals surface area contributed by atoms with Gasteiger partial charge in [0.25, 0.3) is 0 Å². The number of carbonyl (C=O) groups excluding carboxylic acids is 1. The number of anilines is 2. The highest BCUT2D eigenvalue weighted by atomic mass is 16.2. The molecule has 0 aromatic heterocycles. The van der Waals surface area contributed by atoms with Crippen LogP contribution < -0.4 is 11.1 Å². The molecule has 2 unspecified atom stereocenters. The Morgan fingerprint density at radius 2 is 2.29 bits per heavy atom. The van der Waals surface area contributed by atoms with Crippen molar-refractivity contribution in [3.05, 3.63) is 23.8 Å². The van der Waals surface area contributed by atoms with E-state index >= 15 is 0 Å². The SMILES string of the molecule is CCC1CCCN(C(C)C(=O)Nc2cc(N)ccc2C)C1. The van der Waals surface area contributed by atoms with Crippen molar-refractivity contribution in [3.63, 3.8) is 0 Å². The molecule has 0 bridgehead atoms. The molecular weight excluding hydrogens is 262 g/mol. The summed E-state index contributed by atoms with van der Waals surface area (Å²) in [6, 6.07) is 5.51. The second-order valence-electron chi connectivity index (χ2n) is 6.15. The lowest BCUT2D eigenvalue weighted by atomic mass is 9.94. The largest absolute Gasteiger partial charge is 0.399 e.